The van der Waals surface area contributed by atoms with Gasteiger partial charge in [-0.1, -0.05) is 38.5 Å². The second-order valence-corrected chi connectivity index (χ2v) is 10.4. The average molecular weight is 454 g/mol. The molecule has 0 saturated heterocycles. The highest BCUT2D eigenvalue weighted by atomic mass is 32.2. The third-order valence-electron chi connectivity index (χ3n) is 4.86. The normalized spacial score (nSPS) is 11.8. The Hall–Kier alpha value is -3.26. The van der Waals surface area contributed by atoms with Crippen molar-refractivity contribution in [2.75, 3.05) is 0 Å². The molecule has 32 heavy (non-hydrogen) atoms. The van der Waals surface area contributed by atoms with Gasteiger partial charge in [0, 0.05) is 23.5 Å². The third kappa shape index (κ3) is 5.13. The molecule has 168 valence electrons. The maximum absolute atomic E-state index is 13.0. The van der Waals surface area contributed by atoms with Crippen molar-refractivity contribution >= 4 is 15.9 Å². The Balaban J connectivity index is 2.05. The molecule has 3 aromatic rings. The van der Waals surface area contributed by atoms with Crippen LogP contribution in [-0.4, -0.2) is 24.3 Å². The van der Waals surface area contributed by atoms with Crippen molar-refractivity contribution in [2.45, 2.75) is 51.9 Å². The van der Waals surface area contributed by atoms with Gasteiger partial charge >= 0.3 is 0 Å². The fourth-order valence-electron chi connectivity index (χ4n) is 3.29. The monoisotopic (exact) mass is 453 g/mol. The van der Waals surface area contributed by atoms with Gasteiger partial charge in [-0.05, 0) is 56.2 Å². The van der Waals surface area contributed by atoms with Crippen LogP contribution < -0.4 is 9.46 Å². The van der Waals surface area contributed by atoms with E-state index in [1.165, 1.54) is 24.5 Å². The Morgan fingerprint density at radius 3 is 2.12 bits per heavy atom. The van der Waals surface area contributed by atoms with Crippen LogP contribution in [0.5, 0.6) is 11.6 Å². The standard InChI is InChI=1S/C24H27N3O4S/c1-15-13-16(2)21(17(3)14-15)31-23-19(7-8-20(26-23)24(4,5)6)22(28)27-32(29,30)18-9-11-25-12-10-18/h7-14H,1-6H3,(H,27,28). The summed E-state index contributed by atoms with van der Waals surface area (Å²) in [6, 6.07) is 9.82. The summed E-state index contributed by atoms with van der Waals surface area (Å²) in [7, 11) is -4.08. The highest BCUT2D eigenvalue weighted by Crippen LogP contribution is 2.33. The van der Waals surface area contributed by atoms with Crippen LogP contribution >= 0.6 is 0 Å². The summed E-state index contributed by atoms with van der Waals surface area (Å²) in [5.74, 6) is -0.192. The van der Waals surface area contributed by atoms with Crippen LogP contribution in [0.25, 0.3) is 0 Å². The summed E-state index contributed by atoms with van der Waals surface area (Å²) in [6.45, 7) is 11.8. The van der Waals surface area contributed by atoms with E-state index in [9.17, 15) is 13.2 Å². The van der Waals surface area contributed by atoms with Crippen LogP contribution in [0.1, 0.15) is 53.5 Å². The Morgan fingerprint density at radius 1 is 0.969 bits per heavy atom. The van der Waals surface area contributed by atoms with E-state index in [-0.39, 0.29) is 21.8 Å². The number of amides is 1. The molecule has 7 nitrogen and oxygen atoms in total. The van der Waals surface area contributed by atoms with Crippen molar-refractivity contribution in [3.8, 4) is 11.6 Å². The van der Waals surface area contributed by atoms with Gasteiger partial charge in [0.1, 0.15) is 11.3 Å². The topological polar surface area (TPSA) is 98.2 Å². The Morgan fingerprint density at radius 2 is 1.56 bits per heavy atom. The van der Waals surface area contributed by atoms with Gasteiger partial charge in [-0.25, -0.2) is 18.1 Å². The molecule has 1 aromatic carbocycles. The lowest BCUT2D eigenvalue weighted by Crippen LogP contribution is -2.31. The molecular formula is C24H27N3O4S. The second kappa shape index (κ2) is 8.70. The van der Waals surface area contributed by atoms with E-state index >= 15 is 0 Å². The van der Waals surface area contributed by atoms with E-state index < -0.39 is 15.9 Å². The van der Waals surface area contributed by atoms with Crippen molar-refractivity contribution in [2.24, 2.45) is 0 Å². The predicted octanol–water partition coefficient (Wildman–Crippen LogP) is 4.61. The summed E-state index contributed by atoms with van der Waals surface area (Å²) in [5.41, 5.74) is 3.30. The molecule has 0 aliphatic carbocycles. The number of carbonyl (C=O) groups excluding carboxylic acids is 1. The zero-order valence-corrected chi connectivity index (χ0v) is 19.9. The number of hydrogen-bond donors (Lipinski definition) is 1. The van der Waals surface area contributed by atoms with Crippen LogP contribution in [-0.2, 0) is 15.4 Å². The first-order valence-electron chi connectivity index (χ1n) is 10.1. The Kier molecular flexibility index (Phi) is 6.37. The third-order valence-corrected chi connectivity index (χ3v) is 6.21. The quantitative estimate of drug-likeness (QED) is 0.606. The molecule has 1 amide bonds. The SMILES string of the molecule is Cc1cc(C)c(Oc2nc(C(C)(C)C)ccc2C(=O)NS(=O)(=O)c2ccncc2)c(C)c1. The molecule has 0 saturated carbocycles. The lowest BCUT2D eigenvalue weighted by Gasteiger charge is -2.21. The fraction of sp³-hybridized carbons (Fsp3) is 0.292. The molecule has 0 bridgehead atoms. The highest BCUT2D eigenvalue weighted by Gasteiger charge is 2.25. The second-order valence-electron chi connectivity index (χ2n) is 8.75. The van der Waals surface area contributed by atoms with Gasteiger partial charge in [-0.2, -0.15) is 0 Å². The largest absolute Gasteiger partial charge is 0.438 e. The predicted molar refractivity (Wildman–Crippen MR) is 123 cm³/mol. The van der Waals surface area contributed by atoms with Gasteiger partial charge in [0.25, 0.3) is 15.9 Å². The summed E-state index contributed by atoms with van der Waals surface area (Å²) < 4.78 is 33.5. The fourth-order valence-corrected chi connectivity index (χ4v) is 4.24. The number of aryl methyl sites for hydroxylation is 3. The maximum Gasteiger partial charge on any atom is 0.270 e. The van der Waals surface area contributed by atoms with E-state index in [0.717, 1.165) is 16.7 Å². The zero-order chi connectivity index (χ0) is 23.7. The number of ether oxygens (including phenoxy) is 1. The first-order chi connectivity index (χ1) is 14.9. The molecule has 0 spiro atoms. The molecule has 0 aliphatic rings. The number of sulfonamides is 1. The number of carbonyl (C=O) groups is 1. The van der Waals surface area contributed by atoms with Crippen LogP contribution in [0.2, 0.25) is 0 Å². The summed E-state index contributed by atoms with van der Waals surface area (Å²) in [5, 5.41) is 0. The molecule has 0 radical (unpaired) electrons. The van der Waals surface area contributed by atoms with Crippen molar-refractivity contribution in [1.82, 2.24) is 14.7 Å². The minimum absolute atomic E-state index is 0.0232. The van der Waals surface area contributed by atoms with E-state index in [0.29, 0.717) is 11.4 Å². The molecule has 8 heteroatoms. The van der Waals surface area contributed by atoms with E-state index in [1.807, 2.05) is 53.7 Å². The molecule has 0 aliphatic heterocycles. The van der Waals surface area contributed by atoms with Crippen molar-refractivity contribution in [1.29, 1.82) is 0 Å². The number of benzene rings is 1. The molecule has 3 rings (SSSR count). The van der Waals surface area contributed by atoms with Crippen molar-refractivity contribution in [3.63, 3.8) is 0 Å². The van der Waals surface area contributed by atoms with Crippen molar-refractivity contribution < 1.29 is 17.9 Å². The van der Waals surface area contributed by atoms with E-state index in [1.54, 1.807) is 12.1 Å². The lowest BCUT2D eigenvalue weighted by atomic mass is 9.91. The highest BCUT2D eigenvalue weighted by molar-refractivity contribution is 7.90. The minimum Gasteiger partial charge on any atom is -0.438 e. The number of nitrogens with zero attached hydrogens (tertiary/aromatic N) is 2. The van der Waals surface area contributed by atoms with Gasteiger partial charge in [-0.15, -0.1) is 0 Å². The Bertz CT molecular complexity index is 1240. The van der Waals surface area contributed by atoms with Crippen molar-refractivity contribution in [3.05, 3.63) is 76.7 Å². The summed E-state index contributed by atoms with van der Waals surface area (Å²) in [4.78, 5) is 21.3. The minimum atomic E-state index is -4.08. The van der Waals surface area contributed by atoms with Gasteiger partial charge in [0.2, 0.25) is 5.88 Å². The van der Waals surface area contributed by atoms with Crippen LogP contribution in [0.15, 0.2) is 53.7 Å². The van der Waals surface area contributed by atoms with Crippen LogP contribution in [0.4, 0.5) is 0 Å². The number of aromatic nitrogens is 2. The average Bonchev–Trinajstić information content (AvgIpc) is 2.70. The molecule has 0 fully saturated rings. The zero-order valence-electron chi connectivity index (χ0n) is 19.1. The lowest BCUT2D eigenvalue weighted by molar-refractivity contribution is 0.0978. The van der Waals surface area contributed by atoms with Gasteiger partial charge in [-0.3, -0.25) is 9.78 Å². The number of rotatable bonds is 5. The molecule has 2 heterocycles. The number of nitrogens with one attached hydrogen (secondary N) is 1. The van der Waals surface area contributed by atoms with E-state index in [2.05, 4.69) is 14.7 Å². The first kappa shape index (κ1) is 23.4. The molecule has 2 aromatic heterocycles. The van der Waals surface area contributed by atoms with Gasteiger partial charge < -0.3 is 4.74 Å². The van der Waals surface area contributed by atoms with Gasteiger partial charge in [0.05, 0.1) is 4.90 Å². The molecule has 1 N–H and O–H groups in total. The summed E-state index contributed by atoms with van der Waals surface area (Å²) in [6.07, 6.45) is 2.69. The maximum atomic E-state index is 13.0. The number of pyridine rings is 2. The summed E-state index contributed by atoms with van der Waals surface area (Å²) >= 11 is 0. The molecule has 0 unspecified atom stereocenters. The van der Waals surface area contributed by atoms with Crippen LogP contribution in [0.3, 0.4) is 0 Å². The van der Waals surface area contributed by atoms with Gasteiger partial charge in [0.15, 0.2) is 0 Å². The smallest absolute Gasteiger partial charge is 0.270 e. The number of hydrogen-bond acceptors (Lipinski definition) is 6. The first-order valence-corrected chi connectivity index (χ1v) is 11.6. The Labute approximate surface area is 188 Å². The van der Waals surface area contributed by atoms with Crippen LogP contribution in [0, 0.1) is 20.8 Å². The molecule has 0 atom stereocenters. The molecular weight excluding hydrogens is 426 g/mol. The van der Waals surface area contributed by atoms with E-state index in [4.69, 9.17) is 4.74 Å².